The molecule has 0 N–H and O–H groups in total. The van der Waals surface area contributed by atoms with E-state index < -0.39 is 0 Å². The summed E-state index contributed by atoms with van der Waals surface area (Å²) in [6.07, 6.45) is 7.48. The van der Waals surface area contributed by atoms with Crippen LogP contribution in [0.15, 0.2) is 19.9 Å². The van der Waals surface area contributed by atoms with Crippen LogP contribution in [-0.4, -0.2) is 0 Å². The third-order valence-corrected chi connectivity index (χ3v) is 1.41. The Bertz CT molecular complexity index is 107. The second-order valence-corrected chi connectivity index (χ2v) is 2.44. The Morgan fingerprint density at radius 1 is 1.38 bits per heavy atom. The van der Waals surface area contributed by atoms with Crippen molar-refractivity contribution in [1.82, 2.24) is 0 Å². The second-order valence-electron chi connectivity index (χ2n) is 1.20. The summed E-state index contributed by atoms with van der Waals surface area (Å²) < 4.78 is 1.41. The Hall–Kier alpha value is 1.32. The van der Waals surface area contributed by atoms with Gasteiger partial charge in [0.1, 0.15) is 0 Å². The molecule has 0 nitrogen and oxygen atoms in total. The zero-order valence-electron chi connectivity index (χ0n) is 4.00. The van der Waals surface area contributed by atoms with Crippen LogP contribution >= 0.6 is 0 Å². The quantitative estimate of drug-likeness (QED) is 0.395. The third kappa shape index (κ3) is 4.22. The Labute approximate surface area is 85.9 Å². The molecule has 0 saturated carbocycles. The van der Waals surface area contributed by atoms with E-state index in [2.05, 4.69) is 54.0 Å². The van der Waals surface area contributed by atoms with E-state index in [-0.39, 0.29) is 24.8 Å². The Balaban J connectivity index is 0. The fraction of sp³-hybridized carbons (Fsp3) is 0.200. The maximum absolute atomic E-state index is 2.49. The summed E-state index contributed by atoms with van der Waals surface area (Å²) in [6.45, 7) is 0. The van der Waals surface area contributed by atoms with E-state index >= 15 is 0 Å². The number of rotatable bonds is 0. The van der Waals surface area contributed by atoms with Gasteiger partial charge in [0.25, 0.3) is 0 Å². The van der Waals surface area contributed by atoms with Crippen molar-refractivity contribution in [3.8, 4) is 0 Å². The van der Waals surface area contributed by atoms with Crippen molar-refractivity contribution in [3.63, 3.8) is 0 Å². The number of halogens is 2. The van der Waals surface area contributed by atoms with Gasteiger partial charge in [-0.25, -0.2) is 0 Å². The monoisotopic (exact) mass is 300 g/mol. The normalized spacial score (nSPS) is 14.0. The van der Waals surface area contributed by atoms with Crippen LogP contribution in [0.3, 0.4) is 0 Å². The molecule has 3 heteroatoms. The number of allylic oxidation sites excluding steroid dienone is 4. The molecule has 0 amide bonds. The fourth-order valence-corrected chi connectivity index (χ4v) is 0.819. The van der Waals surface area contributed by atoms with Gasteiger partial charge in [0.15, 0.2) is 0 Å². The molecule has 0 aromatic carbocycles. The van der Waals surface area contributed by atoms with Crippen LogP contribution in [0.2, 0.25) is 0 Å². The molecule has 0 aromatic heterocycles. The number of hydrogen-bond donors (Lipinski definition) is 0. The Morgan fingerprint density at radius 2 is 2.00 bits per heavy atom. The molecule has 0 saturated heterocycles. The van der Waals surface area contributed by atoms with E-state index in [1.165, 1.54) is 1.67 Å². The molecule has 0 fully saturated rings. The topological polar surface area (TPSA) is 0 Å². The minimum absolute atomic E-state index is 0. The summed E-state index contributed by atoms with van der Waals surface area (Å²) in [5.41, 5.74) is 0. The first-order chi connectivity index (χ1) is 2.89. The maximum atomic E-state index is 2.49. The molecule has 1 aliphatic rings. The van der Waals surface area contributed by atoms with Gasteiger partial charge in [0.05, 0.1) is 0 Å². The zero-order valence-corrected chi connectivity index (χ0v) is 7.44. The van der Waals surface area contributed by atoms with Gasteiger partial charge in [-0.1, -0.05) is 0 Å². The molecule has 50 valence electrons. The van der Waals surface area contributed by atoms with Crippen molar-refractivity contribution in [2.75, 3.05) is 0 Å². The van der Waals surface area contributed by atoms with Crippen molar-refractivity contribution in [2.45, 2.75) is 6.42 Å². The van der Waals surface area contributed by atoms with Gasteiger partial charge < -0.3 is 24.8 Å². The summed E-state index contributed by atoms with van der Waals surface area (Å²) in [4.78, 5) is 0. The molecule has 0 bridgehead atoms. The van der Waals surface area contributed by atoms with E-state index in [1.807, 2.05) is 0 Å². The molecule has 0 heterocycles. The minimum atomic E-state index is 0. The second kappa shape index (κ2) is 6.44. The van der Waals surface area contributed by atoms with Crippen LogP contribution in [0.25, 0.3) is 0 Å². The summed E-state index contributed by atoms with van der Waals surface area (Å²) in [5.74, 6) is 0. The zero-order chi connectivity index (χ0) is 4.41. The summed E-state index contributed by atoms with van der Waals surface area (Å²) in [6, 6.07) is 0. The molecule has 0 unspecified atom stereocenters. The fourth-order valence-electron chi connectivity index (χ4n) is 0.405. The average Bonchev–Trinajstić information content (AvgIpc) is 1.86. The van der Waals surface area contributed by atoms with Crippen molar-refractivity contribution < 1.29 is 60.6 Å². The Kier molecular flexibility index (Phi) is 9.69. The van der Waals surface area contributed by atoms with E-state index in [4.69, 9.17) is 0 Å². The molecule has 0 spiro atoms. The van der Waals surface area contributed by atoms with E-state index in [0.29, 0.717) is 0 Å². The van der Waals surface area contributed by atoms with Crippen molar-refractivity contribution in [2.24, 2.45) is 0 Å². The van der Waals surface area contributed by atoms with Gasteiger partial charge in [-0.2, -0.15) is 0 Å². The summed E-state index contributed by atoms with van der Waals surface area (Å²) in [5, 5.41) is 0. The van der Waals surface area contributed by atoms with Crippen LogP contribution in [0.1, 0.15) is 6.42 Å². The standard InChI is InChI=1S/C5H5.2ClH.Ho/c1-2-4-5-3-1;;;/h1-3H,4H2;2*1H;/q;;;+2/p-2. The average molecular weight is 301 g/mol. The van der Waals surface area contributed by atoms with Crippen LogP contribution in [0.4, 0.5) is 0 Å². The van der Waals surface area contributed by atoms with E-state index in [1.54, 1.807) is 0 Å². The molecule has 0 aromatic rings. The molecule has 0 atom stereocenters. The Morgan fingerprint density at radius 3 is 2.12 bits per heavy atom. The van der Waals surface area contributed by atoms with Crippen LogP contribution < -0.4 is 24.8 Å². The first kappa shape index (κ1) is 12.0. The summed E-state index contributed by atoms with van der Waals surface area (Å²) in [7, 11) is 0. The molecule has 0 aliphatic heterocycles. The van der Waals surface area contributed by atoms with Gasteiger partial charge in [-0.15, -0.1) is 0 Å². The molecule has 1 rings (SSSR count). The van der Waals surface area contributed by atoms with Gasteiger partial charge in [-0.05, 0) is 0 Å². The van der Waals surface area contributed by atoms with E-state index in [9.17, 15) is 0 Å². The predicted molar refractivity (Wildman–Crippen MR) is 21.8 cm³/mol. The summed E-state index contributed by atoms with van der Waals surface area (Å²) >= 11 is 2.49. The predicted octanol–water partition coefficient (Wildman–Crippen LogP) is -4.61. The van der Waals surface area contributed by atoms with Crippen LogP contribution in [0.5, 0.6) is 0 Å². The van der Waals surface area contributed by atoms with Crippen molar-refractivity contribution in [3.05, 3.63) is 19.9 Å². The van der Waals surface area contributed by atoms with Crippen molar-refractivity contribution >= 4 is 0 Å². The van der Waals surface area contributed by atoms with Gasteiger partial charge >= 0.3 is 62.1 Å². The third-order valence-electron chi connectivity index (χ3n) is 0.698. The molecule has 1 aliphatic carbocycles. The molecular formula is C5H5Cl2Ho. The molecule has 0 radical (unpaired) electrons. The van der Waals surface area contributed by atoms with Crippen LogP contribution in [0, 0.1) is 35.8 Å². The first-order valence-electron chi connectivity index (χ1n) is 1.87. The van der Waals surface area contributed by atoms with Crippen molar-refractivity contribution in [1.29, 1.82) is 0 Å². The first-order valence-corrected chi connectivity index (χ1v) is 2.84. The van der Waals surface area contributed by atoms with Gasteiger partial charge in [0, 0.05) is 0 Å². The molecular weight excluding hydrogens is 296 g/mol. The number of hydrogen-bond acceptors (Lipinski definition) is 0. The van der Waals surface area contributed by atoms with E-state index in [0.717, 1.165) is 6.42 Å². The molecule has 8 heavy (non-hydrogen) atoms. The SMILES string of the molecule is [Cl-].[Cl-].[Ho+2][C]1=CC=CC1. The van der Waals surface area contributed by atoms with Gasteiger partial charge in [0.2, 0.25) is 0 Å². The van der Waals surface area contributed by atoms with Crippen LogP contribution in [-0.2, 0) is 0 Å². The van der Waals surface area contributed by atoms with Gasteiger partial charge in [-0.3, -0.25) is 0 Å².